The number of halogens is 6. The van der Waals surface area contributed by atoms with Crippen LogP contribution >= 0.6 is 0 Å². The summed E-state index contributed by atoms with van der Waals surface area (Å²) in [5.74, 6) is -1.40. The lowest BCUT2D eigenvalue weighted by Crippen LogP contribution is -2.18. The van der Waals surface area contributed by atoms with Crippen molar-refractivity contribution in [2.75, 3.05) is 18.9 Å². The fourth-order valence-corrected chi connectivity index (χ4v) is 3.32. The van der Waals surface area contributed by atoms with Gasteiger partial charge in [0.25, 0.3) is 0 Å². The fraction of sp³-hybridized carbons (Fsp3) is 0.227. The highest BCUT2D eigenvalue weighted by Crippen LogP contribution is 2.37. The van der Waals surface area contributed by atoms with Gasteiger partial charge in [-0.25, -0.2) is 14.5 Å². The summed E-state index contributed by atoms with van der Waals surface area (Å²) in [6.45, 7) is 0.373. The van der Waals surface area contributed by atoms with E-state index in [4.69, 9.17) is 16.2 Å². The van der Waals surface area contributed by atoms with Crippen LogP contribution in [-0.4, -0.2) is 39.1 Å². The first-order chi connectivity index (χ1) is 17.0. The molecule has 3 heterocycles. The molecular formula is C22H18F6N6O2. The van der Waals surface area contributed by atoms with Crippen LogP contribution in [0.4, 0.5) is 32.2 Å². The number of alkyl halides is 6. The van der Waals surface area contributed by atoms with E-state index in [0.29, 0.717) is 12.1 Å². The van der Waals surface area contributed by atoms with Crippen molar-refractivity contribution in [1.29, 1.82) is 0 Å². The molecule has 4 N–H and O–H groups in total. The van der Waals surface area contributed by atoms with Gasteiger partial charge in [0, 0.05) is 17.3 Å². The van der Waals surface area contributed by atoms with Gasteiger partial charge in [-0.3, -0.25) is 0 Å². The van der Waals surface area contributed by atoms with Gasteiger partial charge in [0.15, 0.2) is 17.1 Å². The Morgan fingerprint density at radius 1 is 0.889 bits per heavy atom. The molecule has 1 aromatic carbocycles. The van der Waals surface area contributed by atoms with Crippen LogP contribution in [-0.2, 0) is 6.18 Å². The highest BCUT2D eigenvalue weighted by atomic mass is 19.4. The molecule has 8 nitrogen and oxygen atoms in total. The van der Waals surface area contributed by atoms with Gasteiger partial charge in [-0.2, -0.15) is 18.3 Å². The Labute approximate surface area is 199 Å². The molecule has 190 valence electrons. The zero-order chi connectivity index (χ0) is 26.1. The Bertz CT molecular complexity index is 1390. The highest BCUT2D eigenvalue weighted by molar-refractivity contribution is 5.69. The molecule has 0 saturated heterocycles. The minimum absolute atomic E-state index is 0.0304. The average Bonchev–Trinajstić information content (AvgIpc) is 3.22. The normalized spacial score (nSPS) is 12.2. The molecule has 0 bridgehead atoms. The van der Waals surface area contributed by atoms with Crippen molar-refractivity contribution in [2.45, 2.75) is 19.0 Å². The molecule has 0 amide bonds. The van der Waals surface area contributed by atoms with Crippen molar-refractivity contribution < 1.29 is 35.8 Å². The standard InChI is InChI=1S/C22H18F6N6O2/c23-21(24,25)14-8-13(10-32-20(14)30)15-3-5-19-31-11-16(34(19)33-15)12-2-4-17(35-7-1-6-29)18(9-12)36-22(26,27)28/h2-5,8-11H,1,6-7,29H2,(H2,30,32). The number of nitrogens with zero attached hydrogens (tertiary/aromatic N) is 4. The van der Waals surface area contributed by atoms with Crippen LogP contribution in [0.5, 0.6) is 11.5 Å². The summed E-state index contributed by atoms with van der Waals surface area (Å²) in [5.41, 5.74) is 10.6. The van der Waals surface area contributed by atoms with Crippen LogP contribution in [0.3, 0.4) is 0 Å². The molecule has 0 aliphatic carbocycles. The predicted octanol–water partition coefficient (Wildman–Crippen LogP) is 4.69. The van der Waals surface area contributed by atoms with Gasteiger partial charge in [0.2, 0.25) is 0 Å². The van der Waals surface area contributed by atoms with Gasteiger partial charge in [-0.1, -0.05) is 0 Å². The van der Waals surface area contributed by atoms with Crippen molar-refractivity contribution in [3.05, 3.63) is 54.4 Å². The zero-order valence-corrected chi connectivity index (χ0v) is 18.3. The molecule has 0 aliphatic heterocycles. The summed E-state index contributed by atoms with van der Waals surface area (Å²) in [5, 5.41) is 4.32. The number of benzene rings is 1. The smallest absolute Gasteiger partial charge is 0.490 e. The van der Waals surface area contributed by atoms with E-state index in [1.54, 1.807) is 0 Å². The minimum Gasteiger partial charge on any atom is -0.490 e. The first-order valence-electron chi connectivity index (χ1n) is 10.4. The van der Waals surface area contributed by atoms with Gasteiger partial charge in [0.05, 0.1) is 29.8 Å². The van der Waals surface area contributed by atoms with Crippen LogP contribution < -0.4 is 20.9 Å². The average molecular weight is 512 g/mol. The monoisotopic (exact) mass is 512 g/mol. The topological polar surface area (TPSA) is 114 Å². The van der Waals surface area contributed by atoms with E-state index in [-0.39, 0.29) is 41.4 Å². The lowest BCUT2D eigenvalue weighted by atomic mass is 10.1. The van der Waals surface area contributed by atoms with E-state index >= 15 is 0 Å². The van der Waals surface area contributed by atoms with E-state index in [1.807, 2.05) is 0 Å². The summed E-state index contributed by atoms with van der Waals surface area (Å²) in [4.78, 5) is 7.77. The van der Waals surface area contributed by atoms with Crippen molar-refractivity contribution in [2.24, 2.45) is 5.73 Å². The molecule has 4 rings (SSSR count). The molecule has 0 spiro atoms. The molecule has 0 aliphatic rings. The second-order valence-electron chi connectivity index (χ2n) is 7.49. The largest absolute Gasteiger partial charge is 0.573 e. The second kappa shape index (κ2) is 9.53. The fourth-order valence-electron chi connectivity index (χ4n) is 3.32. The minimum atomic E-state index is -4.98. The van der Waals surface area contributed by atoms with Crippen LogP contribution in [0.15, 0.2) is 48.8 Å². The van der Waals surface area contributed by atoms with E-state index in [1.165, 1.54) is 35.0 Å². The Balaban J connectivity index is 1.77. The molecule has 0 radical (unpaired) electrons. The van der Waals surface area contributed by atoms with Gasteiger partial charge < -0.3 is 20.9 Å². The van der Waals surface area contributed by atoms with E-state index in [9.17, 15) is 26.3 Å². The second-order valence-corrected chi connectivity index (χ2v) is 7.49. The van der Waals surface area contributed by atoms with Gasteiger partial charge in [-0.15, -0.1) is 13.2 Å². The van der Waals surface area contributed by atoms with Gasteiger partial charge in [0.1, 0.15) is 5.82 Å². The molecule has 0 saturated carbocycles. The summed E-state index contributed by atoms with van der Waals surface area (Å²) < 4.78 is 89.5. The molecule has 36 heavy (non-hydrogen) atoms. The molecule has 3 aromatic heterocycles. The number of rotatable bonds is 7. The Morgan fingerprint density at radius 2 is 1.67 bits per heavy atom. The predicted molar refractivity (Wildman–Crippen MR) is 117 cm³/mol. The van der Waals surface area contributed by atoms with E-state index < -0.39 is 29.7 Å². The number of aromatic nitrogens is 4. The Kier molecular flexibility index (Phi) is 6.63. The van der Waals surface area contributed by atoms with Gasteiger partial charge >= 0.3 is 12.5 Å². The number of hydrogen-bond acceptors (Lipinski definition) is 7. The van der Waals surface area contributed by atoms with Gasteiger partial charge in [-0.05, 0) is 49.4 Å². The molecule has 0 unspecified atom stereocenters. The van der Waals surface area contributed by atoms with Crippen molar-refractivity contribution in [3.63, 3.8) is 0 Å². The Hall–Kier alpha value is -4.07. The van der Waals surface area contributed by atoms with Crippen molar-refractivity contribution in [1.82, 2.24) is 19.6 Å². The maximum absolute atomic E-state index is 13.3. The number of nitrogens with two attached hydrogens (primary N) is 2. The number of ether oxygens (including phenoxy) is 2. The first kappa shape index (κ1) is 25.0. The number of nitrogen functional groups attached to an aromatic ring is 1. The third kappa shape index (κ3) is 5.43. The summed E-state index contributed by atoms with van der Waals surface area (Å²) in [7, 11) is 0. The summed E-state index contributed by atoms with van der Waals surface area (Å²) >= 11 is 0. The quantitative estimate of drug-likeness (QED) is 0.273. The van der Waals surface area contributed by atoms with Crippen LogP contribution in [0, 0.1) is 0 Å². The number of pyridine rings is 1. The lowest BCUT2D eigenvalue weighted by Gasteiger charge is -2.15. The van der Waals surface area contributed by atoms with Crippen molar-refractivity contribution >= 4 is 11.5 Å². The molecule has 0 atom stereocenters. The van der Waals surface area contributed by atoms with Crippen LogP contribution in [0.25, 0.3) is 28.2 Å². The summed E-state index contributed by atoms with van der Waals surface area (Å²) in [6, 6.07) is 7.63. The third-order valence-corrected chi connectivity index (χ3v) is 4.95. The molecule has 0 fully saturated rings. The lowest BCUT2D eigenvalue weighted by molar-refractivity contribution is -0.275. The molecule has 4 aromatic rings. The molecular weight excluding hydrogens is 494 g/mol. The van der Waals surface area contributed by atoms with E-state index in [0.717, 1.165) is 18.3 Å². The van der Waals surface area contributed by atoms with Crippen LogP contribution in [0.1, 0.15) is 12.0 Å². The van der Waals surface area contributed by atoms with Crippen molar-refractivity contribution in [3.8, 4) is 34.0 Å². The molecule has 14 heteroatoms. The number of fused-ring (bicyclic) bond motifs is 1. The number of hydrogen-bond donors (Lipinski definition) is 2. The SMILES string of the molecule is NCCCOc1ccc(-c2cnc3ccc(-c4cnc(N)c(C(F)(F)F)c4)nn23)cc1OC(F)(F)F. The maximum Gasteiger partial charge on any atom is 0.573 e. The number of imidazole rings is 1. The zero-order valence-electron chi connectivity index (χ0n) is 18.3. The first-order valence-corrected chi connectivity index (χ1v) is 10.4. The van der Waals surface area contributed by atoms with E-state index in [2.05, 4.69) is 19.8 Å². The third-order valence-electron chi connectivity index (χ3n) is 4.95. The highest BCUT2D eigenvalue weighted by Gasteiger charge is 2.34. The number of anilines is 1. The van der Waals surface area contributed by atoms with Crippen LogP contribution in [0.2, 0.25) is 0 Å². The summed E-state index contributed by atoms with van der Waals surface area (Å²) in [6.07, 6.45) is -6.79. The maximum atomic E-state index is 13.3. The Morgan fingerprint density at radius 3 is 2.36 bits per heavy atom.